The van der Waals surface area contributed by atoms with Crippen LogP contribution in [0.4, 0.5) is 5.95 Å². The van der Waals surface area contributed by atoms with Crippen molar-refractivity contribution in [2.24, 2.45) is 5.92 Å². The first kappa shape index (κ1) is 19.1. The van der Waals surface area contributed by atoms with E-state index in [1.807, 2.05) is 37.3 Å². The molecule has 0 unspecified atom stereocenters. The standard InChI is InChI=1S/C20H24N4O2S/c1-15(2)11-17-7-9-19(10-8-17)27(25,26)23-20-21-14-24(22-20)13-18-6-4-5-16(3)12-18/h4-10,12,14-15H,11,13H2,1-3H3,(H,22,23). The van der Waals surface area contributed by atoms with Crippen molar-refractivity contribution in [3.63, 3.8) is 0 Å². The van der Waals surface area contributed by atoms with Crippen LogP contribution in [0.15, 0.2) is 59.8 Å². The van der Waals surface area contributed by atoms with Crippen LogP contribution in [-0.2, 0) is 23.0 Å². The maximum atomic E-state index is 12.5. The SMILES string of the molecule is Cc1cccc(Cn2cnc(NS(=O)(=O)c3ccc(CC(C)C)cc3)n2)c1. The molecule has 142 valence electrons. The molecule has 0 aliphatic rings. The molecule has 0 aliphatic heterocycles. The number of hydrogen-bond donors (Lipinski definition) is 1. The zero-order valence-corrected chi connectivity index (χ0v) is 16.6. The third-order valence-electron chi connectivity index (χ3n) is 4.07. The normalized spacial score (nSPS) is 11.7. The van der Waals surface area contributed by atoms with Gasteiger partial charge in [-0.1, -0.05) is 55.8 Å². The highest BCUT2D eigenvalue weighted by atomic mass is 32.2. The molecular weight excluding hydrogens is 360 g/mol. The second kappa shape index (κ2) is 7.92. The van der Waals surface area contributed by atoms with Gasteiger partial charge in [-0.15, -0.1) is 5.10 Å². The fourth-order valence-corrected chi connectivity index (χ4v) is 3.82. The predicted octanol–water partition coefficient (Wildman–Crippen LogP) is 3.63. The van der Waals surface area contributed by atoms with Crippen LogP contribution in [0.25, 0.3) is 0 Å². The van der Waals surface area contributed by atoms with Crippen LogP contribution in [0.2, 0.25) is 0 Å². The number of benzene rings is 2. The lowest BCUT2D eigenvalue weighted by atomic mass is 10.0. The monoisotopic (exact) mass is 384 g/mol. The minimum atomic E-state index is -3.71. The van der Waals surface area contributed by atoms with Gasteiger partial charge in [0.2, 0.25) is 0 Å². The van der Waals surface area contributed by atoms with Crippen molar-refractivity contribution < 1.29 is 8.42 Å². The van der Waals surface area contributed by atoms with Gasteiger partial charge in [-0.2, -0.15) is 4.98 Å². The molecule has 3 aromatic rings. The molecule has 1 N–H and O–H groups in total. The number of aromatic nitrogens is 3. The van der Waals surface area contributed by atoms with E-state index in [0.29, 0.717) is 12.5 Å². The van der Waals surface area contributed by atoms with Gasteiger partial charge in [-0.3, -0.25) is 0 Å². The van der Waals surface area contributed by atoms with Gasteiger partial charge in [0, 0.05) is 0 Å². The average Bonchev–Trinajstić information content (AvgIpc) is 3.01. The molecule has 0 fully saturated rings. The van der Waals surface area contributed by atoms with Crippen LogP contribution in [-0.4, -0.2) is 23.2 Å². The van der Waals surface area contributed by atoms with Crippen LogP contribution in [0, 0.1) is 12.8 Å². The summed E-state index contributed by atoms with van der Waals surface area (Å²) in [6.45, 7) is 6.81. The van der Waals surface area contributed by atoms with Gasteiger partial charge in [-0.25, -0.2) is 17.8 Å². The van der Waals surface area contributed by atoms with E-state index in [0.717, 1.165) is 23.1 Å². The molecule has 0 amide bonds. The van der Waals surface area contributed by atoms with Crippen molar-refractivity contribution in [1.29, 1.82) is 0 Å². The fraction of sp³-hybridized carbons (Fsp3) is 0.300. The van der Waals surface area contributed by atoms with Crippen LogP contribution in [0.3, 0.4) is 0 Å². The largest absolute Gasteiger partial charge is 0.264 e. The predicted molar refractivity (Wildman–Crippen MR) is 106 cm³/mol. The van der Waals surface area contributed by atoms with E-state index in [4.69, 9.17) is 0 Å². The van der Waals surface area contributed by atoms with Gasteiger partial charge in [0.25, 0.3) is 16.0 Å². The number of nitrogens with zero attached hydrogens (tertiary/aromatic N) is 3. The van der Waals surface area contributed by atoms with Crippen molar-refractivity contribution in [3.05, 3.63) is 71.5 Å². The Hall–Kier alpha value is -2.67. The summed E-state index contributed by atoms with van der Waals surface area (Å²) in [5.74, 6) is 0.584. The Bertz CT molecular complexity index is 1010. The van der Waals surface area contributed by atoms with Crippen molar-refractivity contribution >= 4 is 16.0 Å². The van der Waals surface area contributed by atoms with Gasteiger partial charge in [-0.05, 0) is 42.5 Å². The molecule has 1 aromatic heterocycles. The smallest absolute Gasteiger partial charge is 0.246 e. The molecule has 6 nitrogen and oxygen atoms in total. The molecule has 0 saturated heterocycles. The van der Waals surface area contributed by atoms with Gasteiger partial charge in [0.05, 0.1) is 11.4 Å². The third kappa shape index (κ3) is 5.17. The fourth-order valence-electron chi connectivity index (χ4n) is 2.87. The zero-order chi connectivity index (χ0) is 19.4. The van der Waals surface area contributed by atoms with Crippen LogP contribution < -0.4 is 4.72 Å². The maximum Gasteiger partial charge on any atom is 0.264 e. The average molecular weight is 385 g/mol. The maximum absolute atomic E-state index is 12.5. The first-order chi connectivity index (χ1) is 12.8. The van der Waals surface area contributed by atoms with E-state index < -0.39 is 10.0 Å². The van der Waals surface area contributed by atoms with Crippen LogP contribution in [0.1, 0.15) is 30.5 Å². The molecule has 0 radical (unpaired) electrons. The highest BCUT2D eigenvalue weighted by Gasteiger charge is 2.16. The minimum Gasteiger partial charge on any atom is -0.246 e. The second-order valence-corrected chi connectivity index (χ2v) is 8.78. The molecule has 0 bridgehead atoms. The minimum absolute atomic E-state index is 0.0638. The Morgan fingerprint density at radius 1 is 1.07 bits per heavy atom. The Morgan fingerprint density at radius 3 is 2.48 bits per heavy atom. The first-order valence-corrected chi connectivity index (χ1v) is 10.4. The zero-order valence-electron chi connectivity index (χ0n) is 15.8. The molecule has 2 aromatic carbocycles. The number of rotatable bonds is 7. The Morgan fingerprint density at radius 2 is 1.81 bits per heavy atom. The number of aryl methyl sites for hydroxylation is 1. The molecule has 0 atom stereocenters. The first-order valence-electron chi connectivity index (χ1n) is 8.88. The van der Waals surface area contributed by atoms with E-state index in [2.05, 4.69) is 34.7 Å². The van der Waals surface area contributed by atoms with Gasteiger partial charge < -0.3 is 0 Å². The molecule has 27 heavy (non-hydrogen) atoms. The van der Waals surface area contributed by atoms with Gasteiger partial charge >= 0.3 is 0 Å². The second-order valence-electron chi connectivity index (χ2n) is 7.10. The van der Waals surface area contributed by atoms with Gasteiger partial charge in [0.1, 0.15) is 6.33 Å². The summed E-state index contributed by atoms with van der Waals surface area (Å²) >= 11 is 0. The summed E-state index contributed by atoms with van der Waals surface area (Å²) in [4.78, 5) is 4.26. The molecule has 0 aliphatic carbocycles. The molecule has 0 spiro atoms. The highest BCUT2D eigenvalue weighted by molar-refractivity contribution is 7.92. The van der Waals surface area contributed by atoms with Crippen LogP contribution in [0.5, 0.6) is 0 Å². The summed E-state index contributed by atoms with van der Waals surface area (Å²) in [7, 11) is -3.71. The lowest BCUT2D eigenvalue weighted by Crippen LogP contribution is -2.14. The number of anilines is 1. The van der Waals surface area contributed by atoms with Crippen molar-refractivity contribution in [2.45, 2.75) is 38.6 Å². The van der Waals surface area contributed by atoms with E-state index >= 15 is 0 Å². The summed E-state index contributed by atoms with van der Waals surface area (Å²) in [5.41, 5.74) is 3.36. The summed E-state index contributed by atoms with van der Waals surface area (Å²) < 4.78 is 29.1. The summed E-state index contributed by atoms with van der Waals surface area (Å²) in [6, 6.07) is 15.0. The van der Waals surface area contributed by atoms with Crippen molar-refractivity contribution in [1.82, 2.24) is 14.8 Å². The molecule has 1 heterocycles. The van der Waals surface area contributed by atoms with Crippen molar-refractivity contribution in [3.8, 4) is 0 Å². The lowest BCUT2D eigenvalue weighted by molar-refractivity contribution is 0.600. The van der Waals surface area contributed by atoms with E-state index in [1.54, 1.807) is 16.8 Å². The lowest BCUT2D eigenvalue weighted by Gasteiger charge is -2.07. The van der Waals surface area contributed by atoms with E-state index in [9.17, 15) is 8.42 Å². The Balaban J connectivity index is 1.70. The number of nitrogens with one attached hydrogen (secondary N) is 1. The van der Waals surface area contributed by atoms with Crippen LogP contribution >= 0.6 is 0 Å². The number of sulfonamides is 1. The topological polar surface area (TPSA) is 76.9 Å². The van der Waals surface area contributed by atoms with Crippen molar-refractivity contribution in [2.75, 3.05) is 4.72 Å². The Labute approximate surface area is 160 Å². The molecule has 3 rings (SSSR count). The summed E-state index contributed by atoms with van der Waals surface area (Å²) in [6.07, 6.45) is 2.44. The molecular formula is C20H24N4O2S. The number of hydrogen-bond acceptors (Lipinski definition) is 4. The van der Waals surface area contributed by atoms with E-state index in [1.165, 1.54) is 6.33 Å². The molecule has 0 saturated carbocycles. The third-order valence-corrected chi connectivity index (χ3v) is 5.41. The highest BCUT2D eigenvalue weighted by Crippen LogP contribution is 2.16. The van der Waals surface area contributed by atoms with Gasteiger partial charge in [0.15, 0.2) is 0 Å². The Kier molecular flexibility index (Phi) is 5.60. The van der Waals surface area contributed by atoms with E-state index in [-0.39, 0.29) is 10.8 Å². The summed E-state index contributed by atoms with van der Waals surface area (Å²) in [5, 5.41) is 4.22. The molecule has 7 heteroatoms. The quantitative estimate of drug-likeness (QED) is 0.675.